The van der Waals surface area contributed by atoms with Crippen molar-refractivity contribution in [2.45, 2.75) is 19.8 Å². The average molecular weight is 214 g/mol. The second-order valence-corrected chi connectivity index (χ2v) is 3.53. The van der Waals surface area contributed by atoms with Crippen LogP contribution in [-0.4, -0.2) is 6.21 Å². The highest BCUT2D eigenvalue weighted by Gasteiger charge is 2.22. The van der Waals surface area contributed by atoms with E-state index in [1.807, 2.05) is 19.2 Å². The highest BCUT2D eigenvalue weighted by molar-refractivity contribution is 9.11. The van der Waals surface area contributed by atoms with Crippen LogP contribution >= 0.6 is 15.9 Å². The molecular weight excluding hydrogens is 202 g/mol. The molecule has 11 heavy (non-hydrogen) atoms. The van der Waals surface area contributed by atoms with Gasteiger partial charge in [-0.05, 0) is 47.2 Å². The topological polar surface area (TPSA) is 12.4 Å². The van der Waals surface area contributed by atoms with Gasteiger partial charge in [0.05, 0.1) is 0 Å². The molecule has 0 unspecified atom stereocenters. The predicted molar refractivity (Wildman–Crippen MR) is 53.0 cm³/mol. The minimum Gasteiger partial charge on any atom is -0.249 e. The predicted octanol–water partition coefficient (Wildman–Crippen LogP) is 3.28. The zero-order chi connectivity index (χ0) is 8.27. The lowest BCUT2D eigenvalue weighted by atomic mass is 10.2. The van der Waals surface area contributed by atoms with Gasteiger partial charge in [0.15, 0.2) is 0 Å². The van der Waals surface area contributed by atoms with Crippen LogP contribution in [0.3, 0.4) is 0 Å². The molecule has 0 saturated heterocycles. The molecule has 1 rings (SSSR count). The van der Waals surface area contributed by atoms with Crippen molar-refractivity contribution in [2.75, 3.05) is 0 Å². The summed E-state index contributed by atoms with van der Waals surface area (Å²) in [5, 5.41) is 0. The van der Waals surface area contributed by atoms with Gasteiger partial charge in [-0.2, -0.15) is 0 Å². The molecule has 1 saturated carbocycles. The summed E-state index contributed by atoms with van der Waals surface area (Å²) < 4.78 is 0.874. The first-order chi connectivity index (χ1) is 5.24. The first-order valence-corrected chi connectivity index (χ1v) is 4.58. The molecular formula is C9H12BrN. The fraction of sp³-hybridized carbons (Fsp3) is 0.444. The number of aliphatic imine (C=N–C) groups is 1. The SMILES string of the molecule is C=C(/C=N\C(Br)=C/C)C1CC1. The van der Waals surface area contributed by atoms with Gasteiger partial charge in [0.1, 0.15) is 4.61 Å². The zero-order valence-electron chi connectivity index (χ0n) is 6.68. The second-order valence-electron chi connectivity index (χ2n) is 2.72. The molecule has 0 aliphatic heterocycles. The Balaban J connectivity index is 2.39. The van der Waals surface area contributed by atoms with E-state index in [-0.39, 0.29) is 0 Å². The van der Waals surface area contributed by atoms with Crippen LogP contribution in [0.5, 0.6) is 0 Å². The van der Waals surface area contributed by atoms with Gasteiger partial charge in [0.2, 0.25) is 0 Å². The van der Waals surface area contributed by atoms with Crippen LogP contribution in [0.1, 0.15) is 19.8 Å². The number of allylic oxidation sites excluding steroid dienone is 2. The van der Waals surface area contributed by atoms with Crippen molar-refractivity contribution in [3.63, 3.8) is 0 Å². The molecule has 1 fully saturated rings. The number of nitrogens with zero attached hydrogens (tertiary/aromatic N) is 1. The van der Waals surface area contributed by atoms with Gasteiger partial charge < -0.3 is 0 Å². The van der Waals surface area contributed by atoms with Crippen molar-refractivity contribution >= 4 is 22.1 Å². The quantitative estimate of drug-likeness (QED) is 0.505. The molecule has 2 heteroatoms. The number of rotatable bonds is 3. The molecule has 0 radical (unpaired) electrons. The summed E-state index contributed by atoms with van der Waals surface area (Å²) in [7, 11) is 0. The van der Waals surface area contributed by atoms with Crippen LogP contribution in [-0.2, 0) is 0 Å². The summed E-state index contributed by atoms with van der Waals surface area (Å²) >= 11 is 3.30. The van der Waals surface area contributed by atoms with Gasteiger partial charge in [-0.1, -0.05) is 12.7 Å². The molecule has 0 N–H and O–H groups in total. The Morgan fingerprint density at radius 1 is 1.64 bits per heavy atom. The van der Waals surface area contributed by atoms with E-state index < -0.39 is 0 Å². The number of hydrogen-bond donors (Lipinski definition) is 0. The van der Waals surface area contributed by atoms with Crippen molar-refractivity contribution in [3.8, 4) is 0 Å². The third-order valence-electron chi connectivity index (χ3n) is 1.69. The molecule has 0 amide bonds. The number of hydrogen-bond acceptors (Lipinski definition) is 1. The maximum atomic E-state index is 4.16. The molecule has 0 bridgehead atoms. The Labute approximate surface area is 76.0 Å². The van der Waals surface area contributed by atoms with Crippen LogP contribution in [0, 0.1) is 5.92 Å². The standard InChI is InChI=1S/C9H12BrN/c1-3-9(10)11-6-7(2)8-4-5-8/h3,6,8H,2,4-5H2,1H3/b9-3-,11-6-. The average Bonchev–Trinajstić information content (AvgIpc) is 2.81. The van der Waals surface area contributed by atoms with E-state index in [0.29, 0.717) is 0 Å². The van der Waals surface area contributed by atoms with E-state index in [1.165, 1.54) is 12.8 Å². The maximum Gasteiger partial charge on any atom is 0.101 e. The van der Waals surface area contributed by atoms with Crippen molar-refractivity contribution in [1.82, 2.24) is 0 Å². The minimum atomic E-state index is 0.718. The maximum absolute atomic E-state index is 4.16. The monoisotopic (exact) mass is 213 g/mol. The second kappa shape index (κ2) is 3.86. The first-order valence-electron chi connectivity index (χ1n) is 3.78. The molecule has 0 aromatic heterocycles. The minimum absolute atomic E-state index is 0.718. The van der Waals surface area contributed by atoms with Crippen LogP contribution in [0.15, 0.2) is 27.8 Å². The van der Waals surface area contributed by atoms with Gasteiger partial charge in [-0.15, -0.1) is 0 Å². The highest BCUT2D eigenvalue weighted by atomic mass is 79.9. The Hall–Kier alpha value is -0.370. The molecule has 1 nitrogen and oxygen atoms in total. The molecule has 1 aliphatic carbocycles. The Morgan fingerprint density at radius 3 is 2.73 bits per heavy atom. The van der Waals surface area contributed by atoms with Crippen LogP contribution in [0.4, 0.5) is 0 Å². The summed E-state index contributed by atoms with van der Waals surface area (Å²) in [6.45, 7) is 5.87. The van der Waals surface area contributed by atoms with Gasteiger partial charge >= 0.3 is 0 Å². The van der Waals surface area contributed by atoms with Crippen LogP contribution in [0.25, 0.3) is 0 Å². The normalized spacial score (nSPS) is 19.3. The van der Waals surface area contributed by atoms with E-state index in [4.69, 9.17) is 0 Å². The zero-order valence-corrected chi connectivity index (χ0v) is 8.26. The molecule has 0 heterocycles. The van der Waals surface area contributed by atoms with Gasteiger partial charge in [0.25, 0.3) is 0 Å². The van der Waals surface area contributed by atoms with Gasteiger partial charge in [-0.3, -0.25) is 0 Å². The smallest absolute Gasteiger partial charge is 0.101 e. The molecule has 1 aliphatic rings. The third kappa shape index (κ3) is 3.02. The molecule has 0 aromatic rings. The van der Waals surface area contributed by atoms with Crippen molar-refractivity contribution < 1.29 is 0 Å². The fourth-order valence-electron chi connectivity index (χ4n) is 0.779. The Bertz CT molecular complexity index is 212. The first kappa shape index (κ1) is 8.72. The van der Waals surface area contributed by atoms with E-state index in [2.05, 4.69) is 27.5 Å². The van der Waals surface area contributed by atoms with E-state index >= 15 is 0 Å². The summed E-state index contributed by atoms with van der Waals surface area (Å²) in [5.74, 6) is 0.718. The largest absolute Gasteiger partial charge is 0.249 e. The van der Waals surface area contributed by atoms with E-state index in [9.17, 15) is 0 Å². The summed E-state index contributed by atoms with van der Waals surface area (Å²) in [6, 6.07) is 0. The summed E-state index contributed by atoms with van der Waals surface area (Å²) in [5.41, 5.74) is 1.16. The third-order valence-corrected chi connectivity index (χ3v) is 2.36. The molecule has 0 spiro atoms. The lowest BCUT2D eigenvalue weighted by molar-refractivity contribution is 1.09. The Kier molecular flexibility index (Phi) is 3.06. The molecule has 60 valence electrons. The lowest BCUT2D eigenvalue weighted by Gasteiger charge is -1.91. The Morgan fingerprint density at radius 2 is 2.27 bits per heavy atom. The summed E-state index contributed by atoms with van der Waals surface area (Å²) in [6.07, 6.45) is 6.34. The van der Waals surface area contributed by atoms with Gasteiger partial charge in [0, 0.05) is 6.21 Å². The molecule has 0 aromatic carbocycles. The van der Waals surface area contributed by atoms with Crippen LogP contribution in [0.2, 0.25) is 0 Å². The van der Waals surface area contributed by atoms with E-state index in [0.717, 1.165) is 16.1 Å². The molecule has 0 atom stereocenters. The summed E-state index contributed by atoms with van der Waals surface area (Å²) in [4.78, 5) is 4.16. The van der Waals surface area contributed by atoms with Crippen molar-refractivity contribution in [2.24, 2.45) is 10.9 Å². The number of halogens is 1. The van der Waals surface area contributed by atoms with Crippen LogP contribution < -0.4 is 0 Å². The van der Waals surface area contributed by atoms with E-state index in [1.54, 1.807) is 0 Å². The highest BCUT2D eigenvalue weighted by Crippen LogP contribution is 2.34. The lowest BCUT2D eigenvalue weighted by Crippen LogP contribution is -1.83. The fourth-order valence-corrected chi connectivity index (χ4v) is 0.881. The van der Waals surface area contributed by atoms with Crippen molar-refractivity contribution in [1.29, 1.82) is 0 Å². The van der Waals surface area contributed by atoms with Gasteiger partial charge in [-0.25, -0.2) is 4.99 Å². The van der Waals surface area contributed by atoms with Crippen molar-refractivity contribution in [3.05, 3.63) is 22.8 Å².